The molecule has 3 atom stereocenters. The van der Waals surface area contributed by atoms with Gasteiger partial charge in [0.25, 0.3) is 0 Å². The molecule has 2 aliphatic carbocycles. The van der Waals surface area contributed by atoms with E-state index in [1.54, 1.807) is 0 Å². The fourth-order valence-corrected chi connectivity index (χ4v) is 4.23. The van der Waals surface area contributed by atoms with Gasteiger partial charge in [0.15, 0.2) is 0 Å². The smallest absolute Gasteiger partial charge is 0.0802 e. The van der Waals surface area contributed by atoms with Gasteiger partial charge in [-0.05, 0) is 25.7 Å². The number of hydrogen-bond donors (Lipinski definition) is 0. The van der Waals surface area contributed by atoms with E-state index >= 15 is 0 Å². The Balaban J connectivity index is 1.81. The summed E-state index contributed by atoms with van der Waals surface area (Å²) in [6.45, 7) is 0.840. The van der Waals surface area contributed by atoms with Gasteiger partial charge in [-0.3, -0.25) is 0 Å². The summed E-state index contributed by atoms with van der Waals surface area (Å²) in [5.41, 5.74) is 0.409. The molecule has 2 nitrogen and oxygen atoms in total. The van der Waals surface area contributed by atoms with Crippen molar-refractivity contribution in [2.45, 2.75) is 55.6 Å². The van der Waals surface area contributed by atoms with Crippen LogP contribution in [0.15, 0.2) is 0 Å². The molecule has 3 heteroatoms. The average Bonchev–Trinajstić information content (AvgIpc) is 2.11. The van der Waals surface area contributed by atoms with E-state index in [1.165, 1.54) is 19.3 Å². The Labute approximate surface area is 96.3 Å². The van der Waals surface area contributed by atoms with Crippen molar-refractivity contribution in [1.82, 2.24) is 0 Å². The minimum absolute atomic E-state index is 0.0800. The van der Waals surface area contributed by atoms with Crippen molar-refractivity contribution in [2.24, 2.45) is 5.41 Å². The molecular weight excluding hydrogens is 212 g/mol. The Kier molecular flexibility index (Phi) is 2.32. The molecule has 3 rings (SSSR count). The predicted octanol–water partition coefficient (Wildman–Crippen LogP) is 2.73. The summed E-state index contributed by atoms with van der Waals surface area (Å²) >= 11 is 6.29. The number of fused-ring (bicyclic) bond motifs is 1. The van der Waals surface area contributed by atoms with E-state index in [9.17, 15) is 0 Å². The van der Waals surface area contributed by atoms with Crippen LogP contribution in [0.25, 0.3) is 0 Å². The molecule has 0 aromatic rings. The second-order valence-corrected chi connectivity index (χ2v) is 5.99. The van der Waals surface area contributed by atoms with Gasteiger partial charge in [-0.25, -0.2) is 0 Å². The second kappa shape index (κ2) is 3.35. The highest BCUT2D eigenvalue weighted by Crippen LogP contribution is 2.67. The molecule has 3 unspecified atom stereocenters. The van der Waals surface area contributed by atoms with Crippen molar-refractivity contribution in [1.29, 1.82) is 0 Å². The first-order valence-corrected chi connectivity index (χ1v) is 6.47. The molecule has 2 spiro atoms. The van der Waals surface area contributed by atoms with Gasteiger partial charge >= 0.3 is 0 Å². The SMILES string of the molecule is COC1CC2(CC(Cl)CCO2)C12CCC2. The number of ether oxygens (including phenoxy) is 2. The third-order valence-electron chi connectivity index (χ3n) is 4.93. The molecule has 3 fully saturated rings. The van der Waals surface area contributed by atoms with E-state index in [4.69, 9.17) is 21.1 Å². The normalized spacial score (nSPS) is 47.6. The molecule has 0 aromatic heterocycles. The van der Waals surface area contributed by atoms with E-state index in [0.29, 0.717) is 16.9 Å². The zero-order chi connectivity index (χ0) is 10.5. The molecule has 0 bridgehead atoms. The van der Waals surface area contributed by atoms with Gasteiger partial charge < -0.3 is 9.47 Å². The van der Waals surface area contributed by atoms with Gasteiger partial charge in [-0.2, -0.15) is 0 Å². The van der Waals surface area contributed by atoms with Crippen LogP contribution in [0.4, 0.5) is 0 Å². The van der Waals surface area contributed by atoms with Gasteiger partial charge in [0.2, 0.25) is 0 Å². The molecule has 0 radical (unpaired) electrons. The highest BCUT2D eigenvalue weighted by molar-refractivity contribution is 6.20. The van der Waals surface area contributed by atoms with E-state index in [-0.39, 0.29) is 5.60 Å². The molecule has 0 amide bonds. The minimum Gasteiger partial charge on any atom is -0.381 e. The summed E-state index contributed by atoms with van der Waals surface area (Å²) < 4.78 is 11.7. The van der Waals surface area contributed by atoms with Crippen molar-refractivity contribution >= 4 is 11.6 Å². The monoisotopic (exact) mass is 230 g/mol. The molecule has 1 aliphatic heterocycles. The van der Waals surface area contributed by atoms with E-state index in [1.807, 2.05) is 7.11 Å². The van der Waals surface area contributed by atoms with E-state index in [2.05, 4.69) is 0 Å². The van der Waals surface area contributed by atoms with Crippen molar-refractivity contribution in [3.05, 3.63) is 0 Å². The Morgan fingerprint density at radius 3 is 2.67 bits per heavy atom. The van der Waals surface area contributed by atoms with Gasteiger partial charge in [-0.1, -0.05) is 6.42 Å². The lowest BCUT2D eigenvalue weighted by Gasteiger charge is -2.69. The van der Waals surface area contributed by atoms with Crippen molar-refractivity contribution < 1.29 is 9.47 Å². The number of methoxy groups -OCH3 is 1. The second-order valence-electron chi connectivity index (χ2n) is 5.37. The zero-order valence-electron chi connectivity index (χ0n) is 9.30. The molecule has 2 saturated carbocycles. The lowest BCUT2D eigenvalue weighted by molar-refractivity contribution is -0.311. The van der Waals surface area contributed by atoms with Gasteiger partial charge in [0.05, 0.1) is 11.7 Å². The summed E-state index contributed by atoms with van der Waals surface area (Å²) in [6, 6.07) is 0. The molecule has 0 aromatic carbocycles. The number of hydrogen-bond acceptors (Lipinski definition) is 2. The summed E-state index contributed by atoms with van der Waals surface area (Å²) in [4.78, 5) is 0. The topological polar surface area (TPSA) is 18.5 Å². The quantitative estimate of drug-likeness (QED) is 0.645. The van der Waals surface area contributed by atoms with Crippen molar-refractivity contribution in [2.75, 3.05) is 13.7 Å². The predicted molar refractivity (Wildman–Crippen MR) is 59.3 cm³/mol. The number of halogens is 1. The molecule has 0 N–H and O–H groups in total. The van der Waals surface area contributed by atoms with Crippen molar-refractivity contribution in [3.63, 3.8) is 0 Å². The molecule has 15 heavy (non-hydrogen) atoms. The highest BCUT2D eigenvalue weighted by atomic mass is 35.5. The number of alkyl halides is 1. The first-order valence-electron chi connectivity index (χ1n) is 6.03. The third kappa shape index (κ3) is 1.19. The third-order valence-corrected chi connectivity index (χ3v) is 5.30. The Morgan fingerprint density at radius 1 is 1.33 bits per heavy atom. The van der Waals surface area contributed by atoms with Crippen LogP contribution in [0.5, 0.6) is 0 Å². The van der Waals surface area contributed by atoms with E-state index < -0.39 is 0 Å². The minimum atomic E-state index is 0.0800. The fraction of sp³-hybridized carbons (Fsp3) is 1.00. The first-order chi connectivity index (χ1) is 7.22. The highest BCUT2D eigenvalue weighted by Gasteiger charge is 2.69. The number of rotatable bonds is 1. The van der Waals surface area contributed by atoms with Crippen LogP contribution in [-0.4, -0.2) is 30.8 Å². The van der Waals surface area contributed by atoms with Crippen LogP contribution < -0.4 is 0 Å². The maximum Gasteiger partial charge on any atom is 0.0802 e. The van der Waals surface area contributed by atoms with Crippen LogP contribution in [0, 0.1) is 5.41 Å². The van der Waals surface area contributed by atoms with Crippen LogP contribution in [0.3, 0.4) is 0 Å². The Bertz CT molecular complexity index is 264. The Morgan fingerprint density at radius 2 is 2.13 bits per heavy atom. The maximum atomic E-state index is 6.29. The zero-order valence-corrected chi connectivity index (χ0v) is 10.1. The lowest BCUT2D eigenvalue weighted by atomic mass is 9.44. The van der Waals surface area contributed by atoms with Gasteiger partial charge in [-0.15, -0.1) is 11.6 Å². The summed E-state index contributed by atoms with van der Waals surface area (Å²) in [5, 5.41) is 0.314. The molecule has 86 valence electrons. The Hall–Kier alpha value is 0.210. The van der Waals surface area contributed by atoms with Gasteiger partial charge in [0.1, 0.15) is 0 Å². The average molecular weight is 231 g/mol. The first kappa shape index (κ1) is 10.4. The maximum absolute atomic E-state index is 6.29. The van der Waals surface area contributed by atoms with Crippen molar-refractivity contribution in [3.8, 4) is 0 Å². The fourth-order valence-electron chi connectivity index (χ4n) is 3.89. The largest absolute Gasteiger partial charge is 0.381 e. The van der Waals surface area contributed by atoms with E-state index in [0.717, 1.165) is 25.9 Å². The molecule has 1 saturated heterocycles. The van der Waals surface area contributed by atoms with Crippen LogP contribution >= 0.6 is 11.6 Å². The summed E-state index contributed by atoms with van der Waals surface area (Å²) in [7, 11) is 1.83. The van der Waals surface area contributed by atoms with Crippen LogP contribution in [-0.2, 0) is 9.47 Å². The van der Waals surface area contributed by atoms with Crippen LogP contribution in [0.1, 0.15) is 38.5 Å². The summed E-state index contributed by atoms with van der Waals surface area (Å²) in [6.07, 6.45) is 7.41. The van der Waals surface area contributed by atoms with Gasteiger partial charge in [0, 0.05) is 30.9 Å². The lowest BCUT2D eigenvalue weighted by Crippen LogP contribution is -2.72. The summed E-state index contributed by atoms with van der Waals surface area (Å²) in [5.74, 6) is 0. The molecule has 1 heterocycles. The molecule has 3 aliphatic rings. The molecular formula is C12H19ClO2. The standard InChI is InChI=1S/C12H19ClO2/c1-14-10-8-12(11(10)4-2-5-11)7-9(13)3-6-15-12/h9-10H,2-8H2,1H3. The van der Waals surface area contributed by atoms with Crippen LogP contribution in [0.2, 0.25) is 0 Å².